The summed E-state index contributed by atoms with van der Waals surface area (Å²) >= 11 is 0. The van der Waals surface area contributed by atoms with Gasteiger partial charge in [0.25, 0.3) is 5.56 Å². The number of imidazole rings is 1. The number of benzene rings is 1. The monoisotopic (exact) mass is 351 g/mol. The van der Waals surface area contributed by atoms with Gasteiger partial charge in [0.15, 0.2) is 0 Å². The number of hydrogen-bond acceptors (Lipinski definition) is 4. The van der Waals surface area contributed by atoms with Crippen LogP contribution in [0, 0.1) is 20.8 Å². The van der Waals surface area contributed by atoms with Crippen LogP contribution in [-0.2, 0) is 11.3 Å². The third kappa shape index (κ3) is 3.88. The summed E-state index contributed by atoms with van der Waals surface area (Å²) in [6.07, 6.45) is 3.45. The van der Waals surface area contributed by atoms with Crippen LogP contribution in [0.5, 0.6) is 0 Å². The zero-order valence-corrected chi connectivity index (χ0v) is 15.1. The van der Waals surface area contributed by atoms with Gasteiger partial charge < -0.3 is 9.88 Å². The molecule has 0 saturated heterocycles. The van der Waals surface area contributed by atoms with Crippen molar-refractivity contribution in [2.75, 3.05) is 5.32 Å². The molecular formula is C19H21N5O2. The highest BCUT2D eigenvalue weighted by atomic mass is 16.1. The average Bonchev–Trinajstić information content (AvgIpc) is 2.94. The summed E-state index contributed by atoms with van der Waals surface area (Å²) in [5.41, 5.74) is 4.28. The first-order valence-corrected chi connectivity index (χ1v) is 8.38. The van der Waals surface area contributed by atoms with E-state index in [2.05, 4.69) is 15.3 Å². The van der Waals surface area contributed by atoms with Crippen molar-refractivity contribution in [1.29, 1.82) is 0 Å². The van der Waals surface area contributed by atoms with Gasteiger partial charge in [-0.25, -0.2) is 9.97 Å². The first-order valence-electron chi connectivity index (χ1n) is 8.38. The maximum absolute atomic E-state index is 12.1. The highest BCUT2D eigenvalue weighted by Gasteiger charge is 2.07. The molecule has 0 aliphatic carbocycles. The molecule has 1 N–H and O–H groups in total. The second kappa shape index (κ2) is 7.35. The molecular weight excluding hydrogens is 330 g/mol. The van der Waals surface area contributed by atoms with E-state index in [0.29, 0.717) is 17.9 Å². The average molecular weight is 351 g/mol. The van der Waals surface area contributed by atoms with Gasteiger partial charge in [0, 0.05) is 41.8 Å². The minimum Gasteiger partial charge on any atom is -0.326 e. The predicted molar refractivity (Wildman–Crippen MR) is 99.5 cm³/mol. The van der Waals surface area contributed by atoms with Crippen LogP contribution in [0.1, 0.15) is 23.5 Å². The Balaban J connectivity index is 1.61. The van der Waals surface area contributed by atoms with Gasteiger partial charge in [-0.2, -0.15) is 0 Å². The Kier molecular flexibility index (Phi) is 4.97. The minimum atomic E-state index is -0.153. The quantitative estimate of drug-likeness (QED) is 0.765. The number of carbonyl (C=O) groups excluding carboxylic acids is 1. The van der Waals surface area contributed by atoms with Crippen LogP contribution in [0.25, 0.3) is 5.69 Å². The Labute approximate surface area is 151 Å². The van der Waals surface area contributed by atoms with Crippen molar-refractivity contribution in [3.8, 4) is 5.69 Å². The van der Waals surface area contributed by atoms with E-state index < -0.39 is 0 Å². The normalized spacial score (nSPS) is 10.7. The van der Waals surface area contributed by atoms with Gasteiger partial charge in [-0.1, -0.05) is 0 Å². The Hall–Kier alpha value is -3.22. The molecule has 26 heavy (non-hydrogen) atoms. The molecule has 1 aromatic carbocycles. The third-order valence-corrected chi connectivity index (χ3v) is 4.28. The molecule has 0 saturated carbocycles. The number of rotatable bonds is 5. The van der Waals surface area contributed by atoms with Crippen LogP contribution in [0.2, 0.25) is 0 Å². The maximum atomic E-state index is 12.1. The number of anilines is 1. The van der Waals surface area contributed by atoms with E-state index in [0.717, 1.165) is 17.1 Å². The van der Waals surface area contributed by atoms with E-state index >= 15 is 0 Å². The minimum absolute atomic E-state index is 0.152. The molecule has 0 fully saturated rings. The Bertz CT molecular complexity index is 986. The van der Waals surface area contributed by atoms with Gasteiger partial charge in [-0.15, -0.1) is 0 Å². The lowest BCUT2D eigenvalue weighted by Crippen LogP contribution is -2.23. The van der Waals surface area contributed by atoms with Crippen molar-refractivity contribution in [3.05, 3.63) is 70.4 Å². The van der Waals surface area contributed by atoms with Gasteiger partial charge in [-0.05, 0) is 45.0 Å². The molecule has 0 aliphatic heterocycles. The van der Waals surface area contributed by atoms with Gasteiger partial charge in [-0.3, -0.25) is 14.2 Å². The summed E-state index contributed by atoms with van der Waals surface area (Å²) in [5, 5.41) is 2.84. The molecule has 7 heteroatoms. The molecule has 0 unspecified atom stereocenters. The predicted octanol–water partition coefficient (Wildman–Crippen LogP) is 2.38. The second-order valence-corrected chi connectivity index (χ2v) is 6.19. The van der Waals surface area contributed by atoms with Crippen LogP contribution in [0.15, 0.2) is 47.8 Å². The van der Waals surface area contributed by atoms with Gasteiger partial charge in [0.2, 0.25) is 5.91 Å². The summed E-state index contributed by atoms with van der Waals surface area (Å²) in [4.78, 5) is 32.3. The van der Waals surface area contributed by atoms with Crippen LogP contribution in [0.4, 0.5) is 5.69 Å². The van der Waals surface area contributed by atoms with Crippen LogP contribution >= 0.6 is 0 Å². The molecule has 0 radical (unpaired) electrons. The molecule has 0 atom stereocenters. The zero-order valence-electron chi connectivity index (χ0n) is 15.1. The lowest BCUT2D eigenvalue weighted by Gasteiger charge is -2.09. The summed E-state index contributed by atoms with van der Waals surface area (Å²) < 4.78 is 3.43. The number of nitrogens with one attached hydrogen (secondary N) is 1. The second-order valence-electron chi connectivity index (χ2n) is 6.19. The van der Waals surface area contributed by atoms with Crippen molar-refractivity contribution in [3.63, 3.8) is 0 Å². The fraction of sp³-hybridized carbons (Fsp3) is 0.263. The lowest BCUT2D eigenvalue weighted by molar-refractivity contribution is -0.116. The first-order chi connectivity index (χ1) is 12.4. The first kappa shape index (κ1) is 17.6. The molecule has 0 bridgehead atoms. The van der Waals surface area contributed by atoms with Crippen molar-refractivity contribution in [2.45, 2.75) is 33.7 Å². The Morgan fingerprint density at radius 2 is 1.81 bits per heavy atom. The van der Waals surface area contributed by atoms with Gasteiger partial charge >= 0.3 is 0 Å². The highest BCUT2D eigenvalue weighted by molar-refractivity contribution is 5.90. The van der Waals surface area contributed by atoms with Crippen molar-refractivity contribution < 1.29 is 4.79 Å². The van der Waals surface area contributed by atoms with Gasteiger partial charge in [0.1, 0.15) is 0 Å². The number of nitrogens with zero attached hydrogens (tertiary/aromatic N) is 4. The highest BCUT2D eigenvalue weighted by Crippen LogP contribution is 2.16. The van der Waals surface area contributed by atoms with E-state index in [-0.39, 0.29) is 17.9 Å². The fourth-order valence-corrected chi connectivity index (χ4v) is 2.59. The summed E-state index contributed by atoms with van der Waals surface area (Å²) in [7, 11) is 0. The van der Waals surface area contributed by atoms with Crippen LogP contribution in [-0.4, -0.2) is 25.0 Å². The van der Waals surface area contributed by atoms with E-state index in [4.69, 9.17) is 0 Å². The molecule has 0 spiro atoms. The Morgan fingerprint density at radius 3 is 2.42 bits per heavy atom. The number of aryl methyl sites for hydroxylation is 3. The fourth-order valence-electron chi connectivity index (χ4n) is 2.59. The number of hydrogen-bond donors (Lipinski definition) is 1. The SMILES string of the molecule is Cc1cc(=O)n(CCC(=O)Nc2ccc(-n3cnc(C)c3C)cc2)cn1. The van der Waals surface area contributed by atoms with Crippen LogP contribution in [0.3, 0.4) is 0 Å². The summed E-state index contributed by atoms with van der Waals surface area (Å²) in [6.45, 7) is 6.04. The largest absolute Gasteiger partial charge is 0.326 e. The summed E-state index contributed by atoms with van der Waals surface area (Å²) in [5.74, 6) is -0.153. The third-order valence-electron chi connectivity index (χ3n) is 4.28. The molecule has 7 nitrogen and oxygen atoms in total. The standard InChI is InChI=1S/C19H21N5O2/c1-13-10-19(26)23(11-20-13)9-8-18(25)22-16-4-6-17(7-5-16)24-12-21-14(2)15(24)3/h4-7,10-12H,8-9H2,1-3H3,(H,22,25). The number of aromatic nitrogens is 4. The van der Waals surface area contributed by atoms with E-state index in [1.165, 1.54) is 17.0 Å². The van der Waals surface area contributed by atoms with E-state index in [9.17, 15) is 9.59 Å². The number of carbonyl (C=O) groups is 1. The van der Waals surface area contributed by atoms with E-state index in [1.54, 1.807) is 13.3 Å². The molecule has 134 valence electrons. The molecule has 3 rings (SSSR count). The zero-order chi connectivity index (χ0) is 18.7. The van der Waals surface area contributed by atoms with E-state index in [1.807, 2.05) is 42.7 Å². The molecule has 3 aromatic rings. The van der Waals surface area contributed by atoms with Crippen molar-refractivity contribution in [1.82, 2.24) is 19.1 Å². The topological polar surface area (TPSA) is 81.8 Å². The smallest absolute Gasteiger partial charge is 0.253 e. The maximum Gasteiger partial charge on any atom is 0.253 e. The molecule has 0 aliphatic rings. The Morgan fingerprint density at radius 1 is 1.08 bits per heavy atom. The lowest BCUT2D eigenvalue weighted by atomic mass is 10.2. The molecule has 1 amide bonds. The van der Waals surface area contributed by atoms with Gasteiger partial charge in [0.05, 0.1) is 18.3 Å². The summed E-state index contributed by atoms with van der Waals surface area (Å²) in [6, 6.07) is 9.01. The van der Waals surface area contributed by atoms with Crippen molar-refractivity contribution >= 4 is 11.6 Å². The van der Waals surface area contributed by atoms with Crippen LogP contribution < -0.4 is 10.9 Å². The number of amides is 1. The molecule has 2 aromatic heterocycles. The molecule has 2 heterocycles. The van der Waals surface area contributed by atoms with Crippen molar-refractivity contribution in [2.24, 2.45) is 0 Å².